The van der Waals surface area contributed by atoms with Gasteiger partial charge >= 0.3 is 6.03 Å². The van der Waals surface area contributed by atoms with E-state index in [1.54, 1.807) is 18.9 Å². The predicted molar refractivity (Wildman–Crippen MR) is 168 cm³/mol. The maximum atomic E-state index is 12.1. The second-order valence-electron chi connectivity index (χ2n) is 10.9. The lowest BCUT2D eigenvalue weighted by Crippen LogP contribution is -2.61. The molecule has 2 heterocycles. The summed E-state index contributed by atoms with van der Waals surface area (Å²) in [4.78, 5) is 47.1. The first-order valence-electron chi connectivity index (χ1n) is 15.9. The van der Waals surface area contributed by atoms with Crippen molar-refractivity contribution in [3.63, 3.8) is 0 Å². The van der Waals surface area contributed by atoms with Gasteiger partial charge in [-0.2, -0.15) is 11.8 Å². The van der Waals surface area contributed by atoms with Gasteiger partial charge in [-0.1, -0.05) is 6.42 Å². The van der Waals surface area contributed by atoms with Crippen LogP contribution >= 0.6 is 11.8 Å². The molecule has 0 saturated carbocycles. The normalized spacial score (nSPS) is 20.5. The molecule has 0 unspecified atom stereocenters. The number of rotatable bonds is 27. The van der Waals surface area contributed by atoms with Crippen LogP contribution in [-0.2, 0) is 33.3 Å². The van der Waals surface area contributed by atoms with E-state index in [-0.39, 0.29) is 35.0 Å². The molecular formula is C29H54N6O8S. The van der Waals surface area contributed by atoms with Gasteiger partial charge in [0.2, 0.25) is 17.7 Å². The highest BCUT2D eigenvalue weighted by molar-refractivity contribution is 8.00. The lowest BCUT2D eigenvalue weighted by atomic mass is 9.96. The molecule has 15 heteroatoms. The van der Waals surface area contributed by atoms with Crippen LogP contribution in [0.15, 0.2) is 0 Å². The third-order valence-electron chi connectivity index (χ3n) is 7.30. The quantitative estimate of drug-likeness (QED) is 0.0537. The Balaban J connectivity index is 1.26. The summed E-state index contributed by atoms with van der Waals surface area (Å²) in [5.41, 5.74) is 5.72. The van der Waals surface area contributed by atoms with Crippen molar-refractivity contribution < 1.29 is 38.1 Å². The van der Waals surface area contributed by atoms with Crippen LogP contribution in [-0.4, -0.2) is 119 Å². The number of carbonyl (C=O) groups excluding carboxylic acids is 4. The van der Waals surface area contributed by atoms with E-state index in [2.05, 4.69) is 26.6 Å². The highest BCUT2D eigenvalue weighted by Crippen LogP contribution is 2.38. The molecule has 0 aliphatic carbocycles. The molecule has 0 bridgehead atoms. The van der Waals surface area contributed by atoms with Crippen LogP contribution in [0.1, 0.15) is 64.2 Å². The zero-order valence-electron chi connectivity index (χ0n) is 26.3. The van der Waals surface area contributed by atoms with Crippen LogP contribution in [0.5, 0.6) is 0 Å². The average molecular weight is 647 g/mol. The van der Waals surface area contributed by atoms with Crippen LogP contribution < -0.4 is 32.3 Å². The van der Waals surface area contributed by atoms with Crippen LogP contribution in [0, 0.1) is 0 Å². The molecule has 3 atom stereocenters. The van der Waals surface area contributed by atoms with Crippen LogP contribution in [0.2, 0.25) is 0 Å². The molecule has 44 heavy (non-hydrogen) atoms. The Kier molecular flexibility index (Phi) is 20.1. The molecule has 0 spiro atoms. The topological polar surface area (TPSA) is 191 Å². The fourth-order valence-electron chi connectivity index (χ4n) is 4.83. The summed E-state index contributed by atoms with van der Waals surface area (Å²) in [7, 11) is 1.63. The summed E-state index contributed by atoms with van der Waals surface area (Å²) < 4.78 is 21.5. The lowest BCUT2D eigenvalue weighted by molar-refractivity contribution is -0.123. The van der Waals surface area contributed by atoms with Crippen molar-refractivity contribution in [2.24, 2.45) is 5.73 Å². The summed E-state index contributed by atoms with van der Waals surface area (Å²) in [6, 6.07) is -0.222. The standard InChI is InChI=1S/C29H54N6O8S/c1-40-15-5-12-31-26(37)10-4-11-27(38)33-14-7-17-42-19-21-43-20-18-41-16-6-13-32-25(36)9-3-2-8-24-29(30)23(22-44-24)34-28(39)35-29/h23-24H,2-22,30H2,1H3,(H,31,37)(H,32,36)(H,33,38)(H2,34,35,39)/t23-,24-,29-/m0/s1. The number of thioether (sulfide) groups is 1. The van der Waals surface area contributed by atoms with Gasteiger partial charge in [-0.25, -0.2) is 4.79 Å². The monoisotopic (exact) mass is 646 g/mol. The van der Waals surface area contributed by atoms with Crippen LogP contribution in [0.25, 0.3) is 0 Å². The van der Waals surface area contributed by atoms with E-state index < -0.39 is 5.66 Å². The largest absolute Gasteiger partial charge is 0.385 e. The van der Waals surface area contributed by atoms with Crippen molar-refractivity contribution >= 4 is 35.5 Å². The van der Waals surface area contributed by atoms with Gasteiger partial charge in [-0.3, -0.25) is 14.4 Å². The minimum Gasteiger partial charge on any atom is -0.385 e. The molecule has 0 radical (unpaired) electrons. The lowest BCUT2D eigenvalue weighted by Gasteiger charge is -2.29. The average Bonchev–Trinajstić information content (AvgIpc) is 3.45. The molecular weight excluding hydrogens is 592 g/mol. The number of unbranched alkanes of at least 4 members (excludes halogenated alkanes) is 1. The van der Waals surface area contributed by atoms with Crippen molar-refractivity contribution in [2.45, 2.75) is 81.2 Å². The Hall–Kier alpha value is -2.17. The third kappa shape index (κ3) is 16.2. The molecule has 7 N–H and O–H groups in total. The molecule has 2 aliphatic heterocycles. The fourth-order valence-corrected chi connectivity index (χ4v) is 6.45. The molecule has 0 aromatic carbocycles. The van der Waals surface area contributed by atoms with E-state index in [0.29, 0.717) is 98.0 Å². The number of carbonyl (C=O) groups is 4. The molecule has 5 amide bonds. The van der Waals surface area contributed by atoms with Gasteiger partial charge in [0, 0.05) is 76.8 Å². The Labute approximate surface area is 265 Å². The van der Waals surface area contributed by atoms with Crippen molar-refractivity contribution in [1.82, 2.24) is 26.6 Å². The Morgan fingerprint density at radius 1 is 0.773 bits per heavy atom. The highest BCUT2D eigenvalue weighted by atomic mass is 32.2. The number of hydrogen-bond donors (Lipinski definition) is 6. The van der Waals surface area contributed by atoms with Gasteiger partial charge in [-0.05, 0) is 38.5 Å². The number of fused-ring (bicyclic) bond motifs is 1. The smallest absolute Gasteiger partial charge is 0.316 e. The zero-order chi connectivity index (χ0) is 31.9. The summed E-state index contributed by atoms with van der Waals surface area (Å²) in [5, 5.41) is 14.5. The summed E-state index contributed by atoms with van der Waals surface area (Å²) in [6.07, 6.45) is 6.44. The highest BCUT2D eigenvalue weighted by Gasteiger charge is 2.53. The Morgan fingerprint density at radius 2 is 1.27 bits per heavy atom. The van der Waals surface area contributed by atoms with Crippen LogP contribution in [0.3, 0.4) is 0 Å². The number of amides is 5. The number of nitrogens with two attached hydrogens (primary N) is 1. The first-order valence-corrected chi connectivity index (χ1v) is 16.9. The third-order valence-corrected chi connectivity index (χ3v) is 8.86. The van der Waals surface area contributed by atoms with E-state index in [1.807, 2.05) is 0 Å². The summed E-state index contributed by atoms with van der Waals surface area (Å²) in [5.74, 6) is 0.754. The first kappa shape index (κ1) is 38.0. The van der Waals surface area contributed by atoms with Gasteiger partial charge < -0.3 is 51.3 Å². The Bertz CT molecular complexity index is 857. The summed E-state index contributed by atoms with van der Waals surface area (Å²) >= 11 is 1.78. The van der Waals surface area contributed by atoms with Crippen molar-refractivity contribution in [3.05, 3.63) is 0 Å². The predicted octanol–water partition coefficient (Wildman–Crippen LogP) is 0.384. The number of hydrogen-bond acceptors (Lipinski definition) is 10. The molecule has 2 rings (SSSR count). The molecule has 14 nitrogen and oxygen atoms in total. The van der Waals surface area contributed by atoms with E-state index >= 15 is 0 Å². The SMILES string of the molecule is COCCCNC(=O)CCCC(=O)NCCCOCCOCCOCCCNC(=O)CCCC[C@@H]1SC[C@@H]2NC(=O)N[C@@]21N. The number of ether oxygens (including phenoxy) is 4. The Morgan fingerprint density at radius 3 is 1.82 bits per heavy atom. The van der Waals surface area contributed by atoms with Crippen molar-refractivity contribution in [3.8, 4) is 0 Å². The maximum absolute atomic E-state index is 12.1. The first-order chi connectivity index (χ1) is 21.3. The van der Waals surface area contributed by atoms with E-state index in [4.69, 9.17) is 24.7 Å². The van der Waals surface area contributed by atoms with Gasteiger partial charge in [0.05, 0.1) is 32.5 Å². The molecule has 2 saturated heterocycles. The molecule has 2 fully saturated rings. The van der Waals surface area contributed by atoms with Crippen molar-refractivity contribution in [2.75, 3.05) is 78.7 Å². The number of urea groups is 1. The van der Waals surface area contributed by atoms with Gasteiger partial charge in [0.15, 0.2) is 0 Å². The van der Waals surface area contributed by atoms with Gasteiger partial charge in [-0.15, -0.1) is 0 Å². The summed E-state index contributed by atoms with van der Waals surface area (Å²) in [6.45, 7) is 5.28. The van der Waals surface area contributed by atoms with Crippen molar-refractivity contribution in [1.29, 1.82) is 0 Å². The maximum Gasteiger partial charge on any atom is 0.316 e. The number of nitrogens with one attached hydrogen (secondary N) is 5. The molecule has 2 aliphatic rings. The number of methoxy groups -OCH3 is 1. The molecule has 254 valence electrons. The zero-order valence-corrected chi connectivity index (χ0v) is 27.1. The van der Waals surface area contributed by atoms with Crippen LogP contribution in [0.4, 0.5) is 4.79 Å². The minimum atomic E-state index is -0.682. The second kappa shape index (κ2) is 23.2. The van der Waals surface area contributed by atoms with Gasteiger partial charge in [0.25, 0.3) is 0 Å². The minimum absolute atomic E-state index is 0.0261. The van der Waals surface area contributed by atoms with Gasteiger partial charge in [0.1, 0.15) is 5.66 Å². The fraction of sp³-hybridized carbons (Fsp3) is 0.862. The van der Waals surface area contributed by atoms with E-state index in [1.165, 1.54) is 0 Å². The second-order valence-corrected chi connectivity index (χ2v) is 12.2. The molecule has 0 aromatic heterocycles. The molecule has 0 aromatic rings. The van der Waals surface area contributed by atoms with E-state index in [9.17, 15) is 19.2 Å². The van der Waals surface area contributed by atoms with E-state index in [0.717, 1.165) is 37.9 Å².